The second-order valence-corrected chi connectivity index (χ2v) is 4.57. The van der Waals surface area contributed by atoms with E-state index in [0.717, 1.165) is 22.2 Å². The van der Waals surface area contributed by atoms with Gasteiger partial charge in [-0.1, -0.05) is 24.3 Å². The van der Waals surface area contributed by atoms with Gasteiger partial charge in [0.1, 0.15) is 0 Å². The van der Waals surface area contributed by atoms with Gasteiger partial charge in [0.05, 0.1) is 17.0 Å². The number of nitrogens with zero attached hydrogens (tertiary/aromatic N) is 2. The van der Waals surface area contributed by atoms with Gasteiger partial charge in [-0.05, 0) is 32.4 Å². The molecule has 0 radical (unpaired) electrons. The molecule has 0 aliphatic heterocycles. The lowest BCUT2D eigenvalue weighted by atomic mass is 9.85. The molecule has 0 bridgehead atoms. The number of nitriles is 1. The SMILES string of the molecule is Cc1ccc2cccc(C(C)(C)C#N)c2n1. The third-order valence-corrected chi connectivity index (χ3v) is 2.81. The average molecular weight is 210 g/mol. The first-order valence-electron chi connectivity index (χ1n) is 5.33. The van der Waals surface area contributed by atoms with Crippen LogP contribution in [0.5, 0.6) is 0 Å². The molecule has 2 nitrogen and oxygen atoms in total. The van der Waals surface area contributed by atoms with Crippen LogP contribution in [0.3, 0.4) is 0 Å². The van der Waals surface area contributed by atoms with Gasteiger partial charge in [-0.25, -0.2) is 0 Å². The first-order valence-corrected chi connectivity index (χ1v) is 5.33. The number of benzene rings is 1. The van der Waals surface area contributed by atoms with Gasteiger partial charge >= 0.3 is 0 Å². The lowest BCUT2D eigenvalue weighted by Gasteiger charge is -2.17. The van der Waals surface area contributed by atoms with Gasteiger partial charge < -0.3 is 0 Å². The maximum Gasteiger partial charge on any atom is 0.0787 e. The fourth-order valence-corrected chi connectivity index (χ4v) is 1.81. The van der Waals surface area contributed by atoms with Crippen molar-refractivity contribution in [1.82, 2.24) is 4.98 Å². The van der Waals surface area contributed by atoms with Crippen molar-refractivity contribution in [2.75, 3.05) is 0 Å². The van der Waals surface area contributed by atoms with Crippen LogP contribution in [0.1, 0.15) is 25.1 Å². The zero-order valence-electron chi connectivity index (χ0n) is 9.78. The third-order valence-electron chi connectivity index (χ3n) is 2.81. The predicted molar refractivity (Wildman–Crippen MR) is 65.1 cm³/mol. The van der Waals surface area contributed by atoms with Crippen LogP contribution in [-0.4, -0.2) is 4.98 Å². The highest BCUT2D eigenvalue weighted by Gasteiger charge is 2.22. The molecule has 80 valence electrons. The van der Waals surface area contributed by atoms with E-state index < -0.39 is 5.41 Å². The van der Waals surface area contributed by atoms with E-state index in [-0.39, 0.29) is 0 Å². The molecule has 0 unspecified atom stereocenters. The second-order valence-electron chi connectivity index (χ2n) is 4.57. The Balaban J connectivity index is 2.81. The van der Waals surface area contributed by atoms with Gasteiger partial charge in [-0.15, -0.1) is 0 Å². The van der Waals surface area contributed by atoms with Gasteiger partial charge in [0.25, 0.3) is 0 Å². The van der Waals surface area contributed by atoms with Crippen LogP contribution in [0.2, 0.25) is 0 Å². The minimum Gasteiger partial charge on any atom is -0.253 e. The molecular formula is C14H14N2. The summed E-state index contributed by atoms with van der Waals surface area (Å²) < 4.78 is 0. The largest absolute Gasteiger partial charge is 0.253 e. The monoisotopic (exact) mass is 210 g/mol. The Bertz CT molecular complexity index is 577. The molecule has 0 spiro atoms. The minimum atomic E-state index is -0.500. The number of aryl methyl sites for hydroxylation is 1. The summed E-state index contributed by atoms with van der Waals surface area (Å²) in [7, 11) is 0. The molecule has 0 saturated heterocycles. The van der Waals surface area contributed by atoms with Crippen LogP contribution in [0.4, 0.5) is 0 Å². The molecule has 0 aliphatic carbocycles. The number of para-hydroxylation sites is 1. The normalized spacial score (nSPS) is 11.4. The van der Waals surface area contributed by atoms with E-state index in [2.05, 4.69) is 17.1 Å². The molecule has 0 amide bonds. The van der Waals surface area contributed by atoms with E-state index in [9.17, 15) is 5.26 Å². The van der Waals surface area contributed by atoms with Gasteiger partial charge in [-0.2, -0.15) is 5.26 Å². The van der Waals surface area contributed by atoms with Crippen molar-refractivity contribution < 1.29 is 0 Å². The lowest BCUT2D eigenvalue weighted by Crippen LogP contribution is -2.14. The van der Waals surface area contributed by atoms with Crippen LogP contribution in [-0.2, 0) is 5.41 Å². The molecule has 0 atom stereocenters. The maximum absolute atomic E-state index is 9.20. The summed E-state index contributed by atoms with van der Waals surface area (Å²) in [4.78, 5) is 4.54. The standard InChI is InChI=1S/C14H14N2/c1-10-7-8-11-5-4-6-12(13(11)16-10)14(2,3)9-15/h4-8H,1-3H3. The predicted octanol–water partition coefficient (Wildman–Crippen LogP) is 3.34. The summed E-state index contributed by atoms with van der Waals surface area (Å²) >= 11 is 0. The summed E-state index contributed by atoms with van der Waals surface area (Å²) in [5.74, 6) is 0. The molecule has 2 heteroatoms. The molecule has 0 saturated carbocycles. The molecule has 16 heavy (non-hydrogen) atoms. The minimum absolute atomic E-state index is 0.500. The Morgan fingerprint density at radius 1 is 1.19 bits per heavy atom. The number of hydrogen-bond acceptors (Lipinski definition) is 2. The van der Waals surface area contributed by atoms with Crippen LogP contribution in [0.25, 0.3) is 10.9 Å². The van der Waals surface area contributed by atoms with E-state index in [4.69, 9.17) is 0 Å². The van der Waals surface area contributed by atoms with Gasteiger partial charge in [0, 0.05) is 11.1 Å². The van der Waals surface area contributed by atoms with E-state index in [1.54, 1.807) is 0 Å². The summed E-state index contributed by atoms with van der Waals surface area (Å²) in [6, 6.07) is 12.4. The smallest absolute Gasteiger partial charge is 0.0787 e. The van der Waals surface area contributed by atoms with Crippen LogP contribution in [0, 0.1) is 18.3 Å². The maximum atomic E-state index is 9.20. The number of fused-ring (bicyclic) bond motifs is 1. The van der Waals surface area contributed by atoms with Crippen molar-refractivity contribution in [2.24, 2.45) is 0 Å². The topological polar surface area (TPSA) is 36.7 Å². The van der Waals surface area contributed by atoms with Crippen molar-refractivity contribution in [3.05, 3.63) is 41.6 Å². The van der Waals surface area contributed by atoms with Crippen LogP contribution in [0.15, 0.2) is 30.3 Å². The fraction of sp³-hybridized carbons (Fsp3) is 0.286. The summed E-state index contributed by atoms with van der Waals surface area (Å²) in [6.45, 7) is 5.81. The highest BCUT2D eigenvalue weighted by Crippen LogP contribution is 2.28. The number of hydrogen-bond donors (Lipinski definition) is 0. The Kier molecular flexibility index (Phi) is 2.40. The van der Waals surface area contributed by atoms with Crippen molar-refractivity contribution in [3.63, 3.8) is 0 Å². The van der Waals surface area contributed by atoms with Crippen LogP contribution >= 0.6 is 0 Å². The molecule has 0 fully saturated rings. The first-order chi connectivity index (χ1) is 7.54. The lowest BCUT2D eigenvalue weighted by molar-refractivity contribution is 0.692. The fourth-order valence-electron chi connectivity index (χ4n) is 1.81. The van der Waals surface area contributed by atoms with E-state index >= 15 is 0 Å². The van der Waals surface area contributed by atoms with Crippen molar-refractivity contribution in [1.29, 1.82) is 5.26 Å². The number of aromatic nitrogens is 1. The summed E-state index contributed by atoms with van der Waals surface area (Å²) in [5.41, 5.74) is 2.42. The van der Waals surface area contributed by atoms with Crippen molar-refractivity contribution in [2.45, 2.75) is 26.2 Å². The zero-order valence-corrected chi connectivity index (χ0v) is 9.78. The third kappa shape index (κ3) is 1.65. The van der Waals surface area contributed by atoms with E-state index in [0.29, 0.717) is 0 Å². The van der Waals surface area contributed by atoms with Gasteiger partial charge in [-0.3, -0.25) is 4.98 Å². The highest BCUT2D eigenvalue weighted by atomic mass is 14.7. The molecule has 1 aromatic carbocycles. The molecule has 1 aromatic heterocycles. The molecule has 1 heterocycles. The van der Waals surface area contributed by atoms with E-state index in [1.807, 2.05) is 45.0 Å². The molecule has 2 rings (SSSR count). The molecule has 2 aromatic rings. The second kappa shape index (κ2) is 3.61. The summed E-state index contributed by atoms with van der Waals surface area (Å²) in [6.07, 6.45) is 0. The van der Waals surface area contributed by atoms with Crippen LogP contribution < -0.4 is 0 Å². The molecular weight excluding hydrogens is 196 g/mol. The highest BCUT2D eigenvalue weighted by molar-refractivity contribution is 5.83. The quantitative estimate of drug-likeness (QED) is 0.723. The van der Waals surface area contributed by atoms with Crippen molar-refractivity contribution in [3.8, 4) is 6.07 Å². The first kappa shape index (κ1) is 10.6. The Morgan fingerprint density at radius 2 is 1.94 bits per heavy atom. The Labute approximate surface area is 95.6 Å². The Morgan fingerprint density at radius 3 is 2.62 bits per heavy atom. The Hall–Kier alpha value is -1.88. The molecule has 0 aliphatic rings. The summed E-state index contributed by atoms with van der Waals surface area (Å²) in [5, 5.41) is 10.3. The zero-order chi connectivity index (χ0) is 11.8. The number of pyridine rings is 1. The van der Waals surface area contributed by atoms with E-state index in [1.165, 1.54) is 0 Å². The number of rotatable bonds is 1. The van der Waals surface area contributed by atoms with Crippen molar-refractivity contribution >= 4 is 10.9 Å². The average Bonchev–Trinajstić information content (AvgIpc) is 2.28. The molecule has 0 N–H and O–H groups in total. The van der Waals surface area contributed by atoms with Gasteiger partial charge in [0.2, 0.25) is 0 Å². The van der Waals surface area contributed by atoms with Gasteiger partial charge in [0.15, 0.2) is 0 Å².